The van der Waals surface area contributed by atoms with Crippen molar-refractivity contribution in [1.29, 1.82) is 0 Å². The Morgan fingerprint density at radius 3 is 2.06 bits per heavy atom. The SMILES string of the molecule is CC(C)(O)CC(C)(C)Oc1ccc(C(=O)O)cc1. The van der Waals surface area contributed by atoms with Gasteiger partial charge in [-0.05, 0) is 52.0 Å². The van der Waals surface area contributed by atoms with Gasteiger partial charge in [-0.3, -0.25) is 0 Å². The minimum atomic E-state index is -0.961. The van der Waals surface area contributed by atoms with Crippen LogP contribution in [-0.4, -0.2) is 27.4 Å². The summed E-state index contributed by atoms with van der Waals surface area (Å²) in [6, 6.07) is 6.24. The molecule has 0 amide bonds. The smallest absolute Gasteiger partial charge is 0.335 e. The van der Waals surface area contributed by atoms with E-state index >= 15 is 0 Å². The molecule has 0 spiro atoms. The molecule has 4 heteroatoms. The third-order valence-electron chi connectivity index (χ3n) is 2.35. The molecule has 0 aromatic heterocycles. The summed E-state index contributed by atoms with van der Waals surface area (Å²) in [7, 11) is 0. The third kappa shape index (κ3) is 4.75. The van der Waals surface area contributed by atoms with E-state index in [0.29, 0.717) is 12.2 Å². The monoisotopic (exact) mass is 252 g/mol. The lowest BCUT2D eigenvalue weighted by atomic mass is 9.92. The van der Waals surface area contributed by atoms with Crippen LogP contribution in [0.15, 0.2) is 24.3 Å². The van der Waals surface area contributed by atoms with Crippen molar-refractivity contribution < 1.29 is 19.7 Å². The number of aromatic carboxylic acids is 1. The Bertz CT molecular complexity index is 412. The van der Waals surface area contributed by atoms with Crippen LogP contribution in [0.3, 0.4) is 0 Å². The Morgan fingerprint density at radius 1 is 1.17 bits per heavy atom. The molecule has 2 N–H and O–H groups in total. The number of benzene rings is 1. The van der Waals surface area contributed by atoms with Crippen LogP contribution in [0, 0.1) is 0 Å². The zero-order valence-corrected chi connectivity index (χ0v) is 11.2. The molecule has 0 aliphatic rings. The molecule has 0 atom stereocenters. The fourth-order valence-corrected chi connectivity index (χ4v) is 2.06. The quantitative estimate of drug-likeness (QED) is 0.845. The maximum Gasteiger partial charge on any atom is 0.335 e. The Balaban J connectivity index is 2.75. The minimum absolute atomic E-state index is 0.225. The van der Waals surface area contributed by atoms with Crippen molar-refractivity contribution in [3.05, 3.63) is 29.8 Å². The van der Waals surface area contributed by atoms with Gasteiger partial charge in [0.1, 0.15) is 11.4 Å². The van der Waals surface area contributed by atoms with Gasteiger partial charge in [-0.1, -0.05) is 0 Å². The topological polar surface area (TPSA) is 66.8 Å². The standard InChI is InChI=1S/C14H20O4/c1-13(2,17)9-14(3,4)18-11-7-5-10(6-8-11)12(15)16/h5-8,17H,9H2,1-4H3,(H,15,16). The second-order valence-electron chi connectivity index (χ2n) is 5.68. The molecule has 1 aromatic carbocycles. The van der Waals surface area contributed by atoms with E-state index in [4.69, 9.17) is 9.84 Å². The summed E-state index contributed by atoms with van der Waals surface area (Å²) in [5.74, 6) is -0.369. The molecule has 0 saturated carbocycles. The number of hydrogen-bond donors (Lipinski definition) is 2. The van der Waals surface area contributed by atoms with E-state index in [9.17, 15) is 9.90 Å². The molecule has 0 fully saturated rings. The number of ether oxygens (including phenoxy) is 1. The Kier molecular flexibility index (Phi) is 4.02. The van der Waals surface area contributed by atoms with Crippen molar-refractivity contribution in [3.8, 4) is 5.75 Å². The molecular weight excluding hydrogens is 232 g/mol. The highest BCUT2D eigenvalue weighted by molar-refractivity contribution is 5.87. The van der Waals surface area contributed by atoms with E-state index in [1.807, 2.05) is 13.8 Å². The second kappa shape index (κ2) is 4.98. The molecule has 0 bridgehead atoms. The minimum Gasteiger partial charge on any atom is -0.488 e. The summed E-state index contributed by atoms with van der Waals surface area (Å²) in [6.45, 7) is 7.23. The van der Waals surface area contributed by atoms with E-state index in [-0.39, 0.29) is 5.56 Å². The van der Waals surface area contributed by atoms with Crippen LogP contribution in [-0.2, 0) is 0 Å². The summed E-state index contributed by atoms with van der Waals surface area (Å²) in [5.41, 5.74) is -1.12. The van der Waals surface area contributed by atoms with Gasteiger partial charge in [0.25, 0.3) is 0 Å². The highest BCUT2D eigenvalue weighted by Gasteiger charge is 2.28. The predicted molar refractivity (Wildman–Crippen MR) is 69.0 cm³/mol. The molecular formula is C14H20O4. The first-order valence-corrected chi connectivity index (χ1v) is 5.84. The summed E-state index contributed by atoms with van der Waals surface area (Å²) >= 11 is 0. The van der Waals surface area contributed by atoms with E-state index in [0.717, 1.165) is 0 Å². The molecule has 4 nitrogen and oxygen atoms in total. The predicted octanol–water partition coefficient (Wildman–Crippen LogP) is 2.70. The molecule has 0 unspecified atom stereocenters. The molecule has 0 heterocycles. The van der Waals surface area contributed by atoms with Gasteiger partial charge in [-0.15, -0.1) is 0 Å². The van der Waals surface area contributed by atoms with Gasteiger partial charge in [0, 0.05) is 6.42 Å². The number of carboxylic acids is 1. The average molecular weight is 252 g/mol. The first-order valence-electron chi connectivity index (χ1n) is 5.84. The summed E-state index contributed by atoms with van der Waals surface area (Å²) in [5, 5.41) is 18.6. The fraction of sp³-hybridized carbons (Fsp3) is 0.500. The van der Waals surface area contributed by atoms with Crippen LogP contribution in [0.2, 0.25) is 0 Å². The third-order valence-corrected chi connectivity index (χ3v) is 2.35. The highest BCUT2D eigenvalue weighted by Crippen LogP contribution is 2.26. The number of carboxylic acid groups (broad SMARTS) is 1. The van der Waals surface area contributed by atoms with Gasteiger partial charge < -0.3 is 14.9 Å². The maximum absolute atomic E-state index is 10.7. The molecule has 100 valence electrons. The van der Waals surface area contributed by atoms with Crippen LogP contribution in [0.5, 0.6) is 5.75 Å². The molecule has 18 heavy (non-hydrogen) atoms. The van der Waals surface area contributed by atoms with Crippen molar-refractivity contribution in [3.63, 3.8) is 0 Å². The van der Waals surface area contributed by atoms with Gasteiger partial charge in [0.05, 0.1) is 11.2 Å². The molecule has 1 aromatic rings. The number of rotatable bonds is 5. The molecule has 1 rings (SSSR count). The molecule has 0 aliphatic heterocycles. The summed E-state index contributed by atoms with van der Waals surface area (Å²) in [4.78, 5) is 10.7. The largest absolute Gasteiger partial charge is 0.488 e. The van der Waals surface area contributed by atoms with Crippen molar-refractivity contribution in [2.24, 2.45) is 0 Å². The highest BCUT2D eigenvalue weighted by atomic mass is 16.5. The first-order chi connectivity index (χ1) is 8.09. The average Bonchev–Trinajstić information content (AvgIpc) is 2.13. The molecule has 0 saturated heterocycles. The van der Waals surface area contributed by atoms with Gasteiger partial charge in [-0.2, -0.15) is 0 Å². The Labute approximate surface area is 107 Å². The van der Waals surface area contributed by atoms with E-state index < -0.39 is 17.2 Å². The maximum atomic E-state index is 10.7. The lowest BCUT2D eigenvalue weighted by Gasteiger charge is -2.32. The van der Waals surface area contributed by atoms with Crippen LogP contribution >= 0.6 is 0 Å². The van der Waals surface area contributed by atoms with Crippen LogP contribution < -0.4 is 4.74 Å². The number of aliphatic hydroxyl groups is 1. The number of carbonyl (C=O) groups is 1. The zero-order chi connectivity index (χ0) is 14.0. The van der Waals surface area contributed by atoms with Crippen molar-refractivity contribution in [1.82, 2.24) is 0 Å². The van der Waals surface area contributed by atoms with E-state index in [1.54, 1.807) is 26.0 Å². The second-order valence-corrected chi connectivity index (χ2v) is 5.68. The Morgan fingerprint density at radius 2 is 1.67 bits per heavy atom. The van der Waals surface area contributed by atoms with E-state index in [1.165, 1.54) is 12.1 Å². The first kappa shape index (κ1) is 14.5. The lowest BCUT2D eigenvalue weighted by molar-refractivity contribution is -0.0106. The fourth-order valence-electron chi connectivity index (χ4n) is 2.06. The van der Waals surface area contributed by atoms with Gasteiger partial charge in [0.15, 0.2) is 0 Å². The van der Waals surface area contributed by atoms with E-state index in [2.05, 4.69) is 0 Å². The van der Waals surface area contributed by atoms with Crippen molar-refractivity contribution in [2.75, 3.05) is 0 Å². The molecule has 0 aliphatic carbocycles. The van der Waals surface area contributed by atoms with Gasteiger partial charge >= 0.3 is 5.97 Å². The number of hydrogen-bond acceptors (Lipinski definition) is 3. The van der Waals surface area contributed by atoms with Crippen molar-refractivity contribution in [2.45, 2.75) is 45.3 Å². The molecule has 0 radical (unpaired) electrons. The normalized spacial score (nSPS) is 12.3. The lowest BCUT2D eigenvalue weighted by Crippen LogP contribution is -2.37. The van der Waals surface area contributed by atoms with Gasteiger partial charge in [-0.25, -0.2) is 4.79 Å². The van der Waals surface area contributed by atoms with Gasteiger partial charge in [0.2, 0.25) is 0 Å². The Hall–Kier alpha value is -1.55. The van der Waals surface area contributed by atoms with Crippen LogP contribution in [0.4, 0.5) is 0 Å². The zero-order valence-electron chi connectivity index (χ0n) is 11.2. The van der Waals surface area contributed by atoms with Crippen molar-refractivity contribution >= 4 is 5.97 Å². The van der Waals surface area contributed by atoms with Crippen LogP contribution in [0.25, 0.3) is 0 Å². The summed E-state index contributed by atoms with van der Waals surface area (Å²) in [6.07, 6.45) is 0.473. The summed E-state index contributed by atoms with van der Waals surface area (Å²) < 4.78 is 5.76. The van der Waals surface area contributed by atoms with Crippen LogP contribution in [0.1, 0.15) is 44.5 Å².